The fraction of sp³-hybridized carbons (Fsp3) is 0.364. The number of fused-ring (bicyclic) bond motifs is 1. The first-order chi connectivity index (χ1) is 13.1. The molecule has 0 saturated heterocycles. The highest BCUT2D eigenvalue weighted by atomic mass is 32.2. The van der Waals surface area contributed by atoms with Crippen molar-refractivity contribution in [2.45, 2.75) is 44.1 Å². The van der Waals surface area contributed by atoms with Crippen LogP contribution in [0.4, 0.5) is 5.69 Å². The van der Waals surface area contributed by atoms with E-state index in [0.717, 1.165) is 17.3 Å². The number of nitrogens with zero attached hydrogens (tertiary/aromatic N) is 1. The Morgan fingerprint density at radius 2 is 1.86 bits per heavy atom. The summed E-state index contributed by atoms with van der Waals surface area (Å²) in [6.45, 7) is 6.10. The topological polar surface area (TPSA) is 66.8 Å². The maximum atomic E-state index is 13.3. The third-order valence-corrected chi connectivity index (χ3v) is 5.53. The predicted molar refractivity (Wildman–Crippen MR) is 111 cm³/mol. The van der Waals surface area contributed by atoms with Gasteiger partial charge in [0.05, 0.1) is 25.8 Å². The summed E-state index contributed by atoms with van der Waals surface area (Å²) in [7, 11) is 1.53. The molecule has 2 aromatic carbocycles. The average molecular weight is 400 g/mol. The minimum absolute atomic E-state index is 0.223. The van der Waals surface area contributed by atoms with Gasteiger partial charge in [-0.25, -0.2) is 0 Å². The number of hydrogen-bond donors (Lipinski definition) is 1. The third-order valence-electron chi connectivity index (χ3n) is 4.54. The van der Waals surface area contributed by atoms with Crippen molar-refractivity contribution < 1.29 is 19.4 Å². The monoisotopic (exact) mass is 399 g/mol. The van der Waals surface area contributed by atoms with Gasteiger partial charge in [-0.2, -0.15) is 0 Å². The van der Waals surface area contributed by atoms with Gasteiger partial charge in [0.25, 0.3) is 5.91 Å². The smallest absolute Gasteiger partial charge is 0.264 e. The quantitative estimate of drug-likeness (QED) is 0.827. The Bertz CT molecular complexity index is 891. The number of amides is 1. The number of thioether (sulfide) groups is 1. The number of carbonyl (C=O) groups excluding carboxylic acids is 2. The van der Waals surface area contributed by atoms with Gasteiger partial charge in [-0.05, 0) is 23.8 Å². The summed E-state index contributed by atoms with van der Waals surface area (Å²) < 4.78 is 4.98. The van der Waals surface area contributed by atoms with Crippen LogP contribution in [0.5, 0.6) is 5.75 Å². The molecule has 1 aliphatic heterocycles. The van der Waals surface area contributed by atoms with E-state index < -0.39 is 11.5 Å². The number of anilines is 1. The summed E-state index contributed by atoms with van der Waals surface area (Å²) in [5, 5.41) is 11.1. The summed E-state index contributed by atoms with van der Waals surface area (Å²) in [5.41, 5.74) is 0.0622. The van der Waals surface area contributed by atoms with E-state index in [2.05, 4.69) is 0 Å². The molecule has 0 fully saturated rings. The van der Waals surface area contributed by atoms with Crippen LogP contribution in [-0.2, 0) is 21.7 Å². The number of hydrogen-bond acceptors (Lipinski definition) is 5. The van der Waals surface area contributed by atoms with Gasteiger partial charge in [-0.15, -0.1) is 0 Å². The molecule has 1 heterocycles. The lowest BCUT2D eigenvalue weighted by atomic mass is 9.92. The van der Waals surface area contributed by atoms with Crippen LogP contribution in [0.1, 0.15) is 38.3 Å². The third kappa shape index (κ3) is 4.08. The number of carbonyl (C=O) groups is 2. The lowest BCUT2D eigenvalue weighted by Crippen LogP contribution is -2.41. The Kier molecular flexibility index (Phi) is 5.55. The largest absolute Gasteiger partial charge is 0.497 e. The second-order valence-corrected chi connectivity index (χ2v) is 9.77. The van der Waals surface area contributed by atoms with Gasteiger partial charge in [0.2, 0.25) is 0 Å². The van der Waals surface area contributed by atoms with Gasteiger partial charge in [0, 0.05) is 10.3 Å². The molecule has 1 atom stereocenters. The van der Waals surface area contributed by atoms with Crippen molar-refractivity contribution >= 4 is 28.5 Å². The van der Waals surface area contributed by atoms with Crippen molar-refractivity contribution in [2.24, 2.45) is 0 Å². The van der Waals surface area contributed by atoms with Crippen LogP contribution in [0, 0.1) is 0 Å². The van der Waals surface area contributed by atoms with E-state index in [1.54, 1.807) is 23.1 Å². The van der Waals surface area contributed by atoms with Crippen LogP contribution in [0.15, 0.2) is 48.5 Å². The predicted octanol–water partition coefficient (Wildman–Crippen LogP) is 3.88. The Balaban J connectivity index is 1.99. The molecule has 0 saturated carbocycles. The molecule has 2 aromatic rings. The molecule has 6 heteroatoms. The molecule has 148 valence electrons. The fourth-order valence-corrected chi connectivity index (χ4v) is 4.30. The summed E-state index contributed by atoms with van der Waals surface area (Å²) in [6.07, 6.45) is -0.279. The highest BCUT2D eigenvalue weighted by Gasteiger charge is 2.51. The standard InChI is InChI=1S/C22H25NO4S/c1-21(2,3)28-19(24)13-22(26)17-12-16(27-4)10-11-18(17)23(20(22)25)14-15-8-6-5-7-9-15/h5-12,26H,13-14H2,1-4H3/t22-/m1/s1. The lowest BCUT2D eigenvalue weighted by Gasteiger charge is -2.24. The average Bonchev–Trinajstić information content (AvgIpc) is 2.82. The summed E-state index contributed by atoms with van der Waals surface area (Å²) in [4.78, 5) is 27.4. The minimum Gasteiger partial charge on any atom is -0.497 e. The zero-order valence-electron chi connectivity index (χ0n) is 16.6. The number of methoxy groups -OCH3 is 1. The van der Waals surface area contributed by atoms with Crippen molar-refractivity contribution in [2.75, 3.05) is 12.0 Å². The molecule has 0 unspecified atom stereocenters. The highest BCUT2D eigenvalue weighted by Crippen LogP contribution is 2.46. The SMILES string of the molecule is COc1ccc2c(c1)[C@](O)(CC(=O)SC(C)(C)C)C(=O)N2Cc1ccccc1. The number of rotatable bonds is 5. The summed E-state index contributed by atoms with van der Waals surface area (Å²) in [6, 6.07) is 14.7. The van der Waals surface area contributed by atoms with Crippen molar-refractivity contribution in [3.63, 3.8) is 0 Å². The van der Waals surface area contributed by atoms with E-state index in [1.165, 1.54) is 7.11 Å². The van der Waals surface area contributed by atoms with Crippen LogP contribution in [0.25, 0.3) is 0 Å². The van der Waals surface area contributed by atoms with Gasteiger partial charge in [0.1, 0.15) is 5.75 Å². The zero-order valence-corrected chi connectivity index (χ0v) is 17.4. The fourth-order valence-electron chi connectivity index (χ4n) is 3.34. The van der Waals surface area contributed by atoms with Crippen LogP contribution in [-0.4, -0.2) is 28.0 Å². The first-order valence-electron chi connectivity index (χ1n) is 9.13. The van der Waals surface area contributed by atoms with E-state index in [0.29, 0.717) is 23.5 Å². The molecule has 0 spiro atoms. The molecule has 0 aliphatic carbocycles. The van der Waals surface area contributed by atoms with Crippen LogP contribution >= 0.6 is 11.8 Å². The lowest BCUT2D eigenvalue weighted by molar-refractivity contribution is -0.139. The first kappa shape index (κ1) is 20.4. The normalized spacial score (nSPS) is 18.9. The van der Waals surface area contributed by atoms with E-state index in [1.807, 2.05) is 51.1 Å². The maximum Gasteiger partial charge on any atom is 0.264 e. The van der Waals surface area contributed by atoms with E-state index in [4.69, 9.17) is 4.74 Å². The minimum atomic E-state index is -1.89. The van der Waals surface area contributed by atoms with Crippen LogP contribution in [0.3, 0.4) is 0 Å². The Labute approximate surface area is 169 Å². The van der Waals surface area contributed by atoms with Gasteiger partial charge >= 0.3 is 0 Å². The van der Waals surface area contributed by atoms with Crippen LogP contribution in [0.2, 0.25) is 0 Å². The summed E-state index contributed by atoms with van der Waals surface area (Å²) in [5.74, 6) is 0.0462. The van der Waals surface area contributed by atoms with Crippen molar-refractivity contribution in [1.29, 1.82) is 0 Å². The van der Waals surface area contributed by atoms with E-state index in [9.17, 15) is 14.7 Å². The molecule has 28 heavy (non-hydrogen) atoms. The number of benzene rings is 2. The number of aliphatic hydroxyl groups is 1. The molecule has 0 radical (unpaired) electrons. The summed E-state index contributed by atoms with van der Waals surface area (Å²) >= 11 is 1.13. The second-order valence-electron chi connectivity index (χ2n) is 7.88. The molecule has 1 amide bonds. The van der Waals surface area contributed by atoms with Crippen LogP contribution < -0.4 is 9.64 Å². The maximum absolute atomic E-state index is 13.3. The molecule has 0 aromatic heterocycles. The van der Waals surface area contributed by atoms with E-state index in [-0.39, 0.29) is 16.3 Å². The second kappa shape index (κ2) is 7.60. The van der Waals surface area contributed by atoms with Crippen molar-refractivity contribution in [1.82, 2.24) is 0 Å². The molecule has 5 nitrogen and oxygen atoms in total. The van der Waals surface area contributed by atoms with Gasteiger partial charge < -0.3 is 14.7 Å². The number of ether oxygens (including phenoxy) is 1. The zero-order chi connectivity index (χ0) is 20.5. The molecular weight excluding hydrogens is 374 g/mol. The molecule has 1 N–H and O–H groups in total. The molecular formula is C22H25NO4S. The van der Waals surface area contributed by atoms with Gasteiger partial charge in [0.15, 0.2) is 10.7 Å². The molecule has 0 bridgehead atoms. The first-order valence-corrected chi connectivity index (χ1v) is 9.94. The Morgan fingerprint density at radius 3 is 2.46 bits per heavy atom. The van der Waals surface area contributed by atoms with Gasteiger partial charge in [-0.3, -0.25) is 9.59 Å². The van der Waals surface area contributed by atoms with Crippen molar-refractivity contribution in [3.05, 3.63) is 59.7 Å². The highest BCUT2D eigenvalue weighted by molar-refractivity contribution is 8.14. The van der Waals surface area contributed by atoms with Gasteiger partial charge in [-0.1, -0.05) is 62.9 Å². The Morgan fingerprint density at radius 1 is 1.18 bits per heavy atom. The molecule has 1 aliphatic rings. The van der Waals surface area contributed by atoms with E-state index >= 15 is 0 Å². The van der Waals surface area contributed by atoms with Crippen molar-refractivity contribution in [3.8, 4) is 5.75 Å². The Hall–Kier alpha value is -2.31. The molecule has 3 rings (SSSR count).